The first-order chi connectivity index (χ1) is 11.5. The fraction of sp³-hybridized carbons (Fsp3) is 0.176. The van der Waals surface area contributed by atoms with Gasteiger partial charge in [-0.15, -0.1) is 0 Å². The number of carbonyl (C=O) groups excluding carboxylic acids is 1. The lowest BCUT2D eigenvalue weighted by Gasteiger charge is -2.06. The number of ether oxygens (including phenoxy) is 1. The summed E-state index contributed by atoms with van der Waals surface area (Å²) in [5, 5.41) is 14.6. The van der Waals surface area contributed by atoms with Gasteiger partial charge >= 0.3 is 0 Å². The zero-order valence-corrected chi connectivity index (χ0v) is 13.4. The van der Waals surface area contributed by atoms with E-state index in [9.17, 15) is 14.9 Å². The van der Waals surface area contributed by atoms with Crippen LogP contribution >= 0.6 is 0 Å². The van der Waals surface area contributed by atoms with E-state index in [1.807, 2.05) is 25.1 Å². The molecule has 0 fully saturated rings. The Bertz CT molecular complexity index is 770. The molecule has 0 aliphatic rings. The molecule has 0 saturated carbocycles. The van der Waals surface area contributed by atoms with Crippen LogP contribution in [0.2, 0.25) is 0 Å². The van der Waals surface area contributed by atoms with E-state index in [0.717, 1.165) is 5.56 Å². The molecular formula is C17H17N3O4. The molecule has 0 spiro atoms. The summed E-state index contributed by atoms with van der Waals surface area (Å²) in [6.07, 6.45) is 0. The number of amides is 1. The van der Waals surface area contributed by atoms with Crippen LogP contribution in [0.15, 0.2) is 53.6 Å². The van der Waals surface area contributed by atoms with Gasteiger partial charge in [-0.3, -0.25) is 14.9 Å². The topological polar surface area (TPSA) is 93.8 Å². The van der Waals surface area contributed by atoms with Crippen molar-refractivity contribution in [1.29, 1.82) is 0 Å². The van der Waals surface area contributed by atoms with Gasteiger partial charge in [-0.1, -0.05) is 12.1 Å². The maximum Gasteiger partial charge on any atom is 0.277 e. The molecule has 24 heavy (non-hydrogen) atoms. The van der Waals surface area contributed by atoms with Gasteiger partial charge in [0.05, 0.1) is 10.6 Å². The quantitative estimate of drug-likeness (QED) is 0.501. The summed E-state index contributed by atoms with van der Waals surface area (Å²) in [6, 6.07) is 13.3. The van der Waals surface area contributed by atoms with Crippen molar-refractivity contribution in [3.05, 3.63) is 69.8 Å². The van der Waals surface area contributed by atoms with E-state index < -0.39 is 10.8 Å². The molecule has 0 aliphatic heterocycles. The fourth-order valence-corrected chi connectivity index (χ4v) is 1.92. The lowest BCUT2D eigenvalue weighted by atomic mass is 10.1. The van der Waals surface area contributed by atoms with Gasteiger partial charge in [-0.25, -0.2) is 5.43 Å². The van der Waals surface area contributed by atoms with Gasteiger partial charge in [0.15, 0.2) is 6.61 Å². The predicted molar refractivity (Wildman–Crippen MR) is 90.1 cm³/mol. The molecule has 7 nitrogen and oxygen atoms in total. The largest absolute Gasteiger partial charge is 0.484 e. The Kier molecular flexibility index (Phi) is 5.62. The number of nitro benzene ring substituents is 1. The normalized spacial score (nSPS) is 11.0. The number of benzene rings is 2. The first-order valence-electron chi connectivity index (χ1n) is 7.23. The first-order valence-corrected chi connectivity index (χ1v) is 7.23. The molecule has 1 amide bonds. The molecule has 0 unspecified atom stereocenters. The third-order valence-corrected chi connectivity index (χ3v) is 3.20. The number of nitro groups is 1. The van der Waals surface area contributed by atoms with Crippen LogP contribution in [0.4, 0.5) is 5.69 Å². The van der Waals surface area contributed by atoms with E-state index in [-0.39, 0.29) is 12.3 Å². The highest BCUT2D eigenvalue weighted by Crippen LogP contribution is 2.13. The van der Waals surface area contributed by atoms with Crippen LogP contribution in [0.5, 0.6) is 5.75 Å². The van der Waals surface area contributed by atoms with E-state index >= 15 is 0 Å². The molecule has 124 valence electrons. The molecule has 2 aromatic carbocycles. The number of non-ortho nitro benzene ring substituents is 1. The number of hydrazone groups is 1. The maximum absolute atomic E-state index is 11.7. The van der Waals surface area contributed by atoms with Crippen molar-refractivity contribution in [2.75, 3.05) is 6.61 Å². The Morgan fingerprint density at radius 2 is 1.96 bits per heavy atom. The van der Waals surface area contributed by atoms with Crippen molar-refractivity contribution in [3.63, 3.8) is 0 Å². The smallest absolute Gasteiger partial charge is 0.277 e. The molecular weight excluding hydrogens is 310 g/mol. The highest BCUT2D eigenvalue weighted by Gasteiger charge is 2.06. The number of nitrogens with one attached hydrogen (secondary N) is 1. The van der Waals surface area contributed by atoms with Crippen molar-refractivity contribution in [1.82, 2.24) is 5.43 Å². The Hall–Kier alpha value is -3.22. The van der Waals surface area contributed by atoms with Crippen molar-refractivity contribution >= 4 is 17.3 Å². The van der Waals surface area contributed by atoms with Crippen molar-refractivity contribution in [3.8, 4) is 5.75 Å². The van der Waals surface area contributed by atoms with E-state index in [2.05, 4.69) is 10.5 Å². The number of hydrogen-bond donors (Lipinski definition) is 1. The minimum Gasteiger partial charge on any atom is -0.484 e. The number of hydrogen-bond acceptors (Lipinski definition) is 5. The second kappa shape index (κ2) is 7.87. The Morgan fingerprint density at radius 3 is 2.58 bits per heavy atom. The molecule has 0 bridgehead atoms. The molecule has 0 aliphatic carbocycles. The Morgan fingerprint density at radius 1 is 1.25 bits per heavy atom. The molecule has 2 rings (SSSR count). The van der Waals surface area contributed by atoms with Crippen LogP contribution in [0.1, 0.15) is 18.1 Å². The van der Waals surface area contributed by atoms with Crippen molar-refractivity contribution < 1.29 is 14.5 Å². The zero-order chi connectivity index (χ0) is 17.5. The van der Waals surface area contributed by atoms with Gasteiger partial charge in [-0.2, -0.15) is 5.10 Å². The van der Waals surface area contributed by atoms with E-state index in [4.69, 9.17) is 4.74 Å². The minimum atomic E-state index is -0.472. The van der Waals surface area contributed by atoms with E-state index in [1.54, 1.807) is 25.1 Å². The number of carbonyl (C=O) groups is 1. The lowest BCUT2D eigenvalue weighted by molar-refractivity contribution is -0.384. The summed E-state index contributed by atoms with van der Waals surface area (Å²) in [5.74, 6) is 0.221. The lowest BCUT2D eigenvalue weighted by Crippen LogP contribution is -2.25. The molecule has 0 atom stereocenters. The Labute approximate surface area is 139 Å². The van der Waals surface area contributed by atoms with Gasteiger partial charge in [0.1, 0.15) is 5.75 Å². The van der Waals surface area contributed by atoms with Gasteiger partial charge in [0, 0.05) is 12.1 Å². The summed E-state index contributed by atoms with van der Waals surface area (Å²) >= 11 is 0. The van der Waals surface area contributed by atoms with Crippen molar-refractivity contribution in [2.45, 2.75) is 13.8 Å². The monoisotopic (exact) mass is 327 g/mol. The molecule has 2 aromatic rings. The summed E-state index contributed by atoms with van der Waals surface area (Å²) in [4.78, 5) is 21.9. The molecule has 0 radical (unpaired) electrons. The van der Waals surface area contributed by atoms with Gasteiger partial charge in [0.2, 0.25) is 0 Å². The Balaban J connectivity index is 1.89. The summed E-state index contributed by atoms with van der Waals surface area (Å²) in [7, 11) is 0. The molecule has 7 heteroatoms. The van der Waals surface area contributed by atoms with Crippen LogP contribution in [0.25, 0.3) is 0 Å². The second-order valence-electron chi connectivity index (χ2n) is 5.14. The van der Waals surface area contributed by atoms with Crippen LogP contribution in [0, 0.1) is 17.0 Å². The van der Waals surface area contributed by atoms with Crippen LogP contribution in [-0.4, -0.2) is 23.1 Å². The third kappa shape index (κ3) is 4.91. The predicted octanol–water partition coefficient (Wildman–Crippen LogP) is 2.82. The zero-order valence-electron chi connectivity index (χ0n) is 13.4. The molecule has 0 saturated heterocycles. The van der Waals surface area contributed by atoms with Gasteiger partial charge in [-0.05, 0) is 49.2 Å². The first kappa shape index (κ1) is 17.1. The summed E-state index contributed by atoms with van der Waals surface area (Å²) in [6.45, 7) is 3.48. The SMILES string of the molecule is CC(=NNC(=O)COc1cccc(C)c1)c1ccc([N+](=O)[O-])cc1. The average molecular weight is 327 g/mol. The average Bonchev–Trinajstić information content (AvgIpc) is 2.58. The number of aryl methyl sites for hydroxylation is 1. The van der Waals surface area contributed by atoms with E-state index in [1.165, 1.54) is 12.1 Å². The highest BCUT2D eigenvalue weighted by molar-refractivity contribution is 5.99. The van der Waals surface area contributed by atoms with Gasteiger partial charge in [0.25, 0.3) is 11.6 Å². The maximum atomic E-state index is 11.7. The minimum absolute atomic E-state index is 0.00198. The third-order valence-electron chi connectivity index (χ3n) is 3.20. The summed E-state index contributed by atoms with van der Waals surface area (Å²) in [5.41, 5.74) is 4.65. The summed E-state index contributed by atoms with van der Waals surface area (Å²) < 4.78 is 5.37. The molecule has 0 aromatic heterocycles. The van der Waals surface area contributed by atoms with Crippen molar-refractivity contribution in [2.24, 2.45) is 5.10 Å². The van der Waals surface area contributed by atoms with Crippen LogP contribution < -0.4 is 10.2 Å². The van der Waals surface area contributed by atoms with Crippen LogP contribution in [0.3, 0.4) is 0 Å². The second-order valence-corrected chi connectivity index (χ2v) is 5.14. The molecule has 0 heterocycles. The van der Waals surface area contributed by atoms with E-state index in [0.29, 0.717) is 17.0 Å². The van der Waals surface area contributed by atoms with Crippen LogP contribution in [-0.2, 0) is 4.79 Å². The fourth-order valence-electron chi connectivity index (χ4n) is 1.92. The van der Waals surface area contributed by atoms with Gasteiger partial charge < -0.3 is 4.74 Å². The molecule has 1 N–H and O–H groups in total. The standard InChI is InChI=1S/C17H17N3O4/c1-12-4-3-5-16(10-12)24-11-17(21)19-18-13(2)14-6-8-15(9-7-14)20(22)23/h3-10H,11H2,1-2H3,(H,19,21). The highest BCUT2D eigenvalue weighted by atomic mass is 16.6. The number of nitrogens with zero attached hydrogens (tertiary/aromatic N) is 2. The number of rotatable bonds is 6.